The molecule has 2 heterocycles. The SMILES string of the molecule is O=C(N/N=C/c1ccc(-c2ccccc2C(=O)O)o1)c1cc2cc([N+](=O)[O-])ccc2o1. The largest absolute Gasteiger partial charge is 0.478 e. The van der Waals surface area contributed by atoms with E-state index in [4.69, 9.17) is 8.83 Å². The smallest absolute Gasteiger partial charge is 0.336 e. The number of rotatable bonds is 6. The van der Waals surface area contributed by atoms with E-state index in [-0.39, 0.29) is 22.8 Å². The summed E-state index contributed by atoms with van der Waals surface area (Å²) in [5.74, 6) is -1.17. The maximum Gasteiger partial charge on any atom is 0.336 e. The first kappa shape index (κ1) is 19.6. The number of furan rings is 2. The fraction of sp³-hybridized carbons (Fsp3) is 0. The van der Waals surface area contributed by atoms with Crippen molar-refractivity contribution >= 4 is 34.7 Å². The quantitative estimate of drug-likeness (QED) is 0.272. The molecule has 4 aromatic rings. The summed E-state index contributed by atoms with van der Waals surface area (Å²) in [6, 6.07) is 14.9. The molecule has 0 unspecified atom stereocenters. The number of hydrazone groups is 1. The summed E-state index contributed by atoms with van der Waals surface area (Å²) in [7, 11) is 0. The van der Waals surface area contributed by atoms with Crippen molar-refractivity contribution in [2.45, 2.75) is 0 Å². The summed E-state index contributed by atoms with van der Waals surface area (Å²) >= 11 is 0. The van der Waals surface area contributed by atoms with Crippen LogP contribution in [0.1, 0.15) is 26.7 Å². The maximum atomic E-state index is 12.2. The van der Waals surface area contributed by atoms with Crippen LogP contribution in [-0.4, -0.2) is 28.1 Å². The molecule has 2 N–H and O–H groups in total. The van der Waals surface area contributed by atoms with Gasteiger partial charge in [0.2, 0.25) is 0 Å². The first-order valence-electron chi connectivity index (χ1n) is 8.86. The molecule has 0 fully saturated rings. The first-order chi connectivity index (χ1) is 14.9. The number of carboxylic acids is 1. The van der Waals surface area contributed by atoms with Crippen molar-refractivity contribution in [1.82, 2.24) is 5.43 Å². The average Bonchev–Trinajstić information content (AvgIpc) is 3.40. The van der Waals surface area contributed by atoms with Crippen LogP contribution in [0, 0.1) is 10.1 Å². The standard InChI is InChI=1S/C21H13N3O7/c25-20(19-10-12-9-13(24(28)29)5-7-17(12)31-19)23-22-11-14-6-8-18(30-14)15-3-1-2-4-16(15)21(26)27/h1-11H,(H,23,25)(H,26,27)/b22-11+. The molecule has 0 saturated carbocycles. The number of hydrogen-bond acceptors (Lipinski definition) is 7. The number of nitro benzene ring substituents is 1. The highest BCUT2D eigenvalue weighted by atomic mass is 16.6. The second kappa shape index (κ2) is 7.95. The predicted octanol–water partition coefficient (Wildman–Crippen LogP) is 4.06. The van der Waals surface area contributed by atoms with Gasteiger partial charge in [0.1, 0.15) is 17.1 Å². The fourth-order valence-electron chi connectivity index (χ4n) is 2.92. The Morgan fingerprint density at radius 1 is 1.06 bits per heavy atom. The van der Waals surface area contributed by atoms with E-state index in [1.54, 1.807) is 30.3 Å². The lowest BCUT2D eigenvalue weighted by molar-refractivity contribution is -0.384. The van der Waals surface area contributed by atoms with E-state index in [0.717, 1.165) is 0 Å². The highest BCUT2D eigenvalue weighted by molar-refractivity contribution is 5.97. The lowest BCUT2D eigenvalue weighted by atomic mass is 10.1. The van der Waals surface area contributed by atoms with Gasteiger partial charge in [0.05, 0.1) is 16.7 Å². The molecular weight excluding hydrogens is 406 g/mol. The minimum Gasteiger partial charge on any atom is -0.478 e. The molecule has 0 aliphatic heterocycles. The Bertz CT molecular complexity index is 1350. The number of fused-ring (bicyclic) bond motifs is 1. The molecule has 0 bridgehead atoms. The monoisotopic (exact) mass is 419 g/mol. The van der Waals surface area contributed by atoms with Gasteiger partial charge in [-0.2, -0.15) is 5.10 Å². The third-order valence-corrected chi connectivity index (χ3v) is 4.34. The highest BCUT2D eigenvalue weighted by Gasteiger charge is 2.15. The van der Waals surface area contributed by atoms with Crippen molar-refractivity contribution in [2.24, 2.45) is 5.10 Å². The highest BCUT2D eigenvalue weighted by Crippen LogP contribution is 2.26. The molecule has 0 saturated heterocycles. The van der Waals surface area contributed by atoms with Gasteiger partial charge in [0.15, 0.2) is 5.76 Å². The lowest BCUT2D eigenvalue weighted by Crippen LogP contribution is -2.16. The molecule has 0 spiro atoms. The number of amides is 1. The minimum absolute atomic E-state index is 0.0665. The number of non-ortho nitro benzene ring substituents is 1. The number of nitrogens with zero attached hydrogens (tertiary/aromatic N) is 2. The zero-order chi connectivity index (χ0) is 22.0. The fourth-order valence-corrected chi connectivity index (χ4v) is 2.92. The third-order valence-electron chi connectivity index (χ3n) is 4.34. The third kappa shape index (κ3) is 4.03. The molecule has 31 heavy (non-hydrogen) atoms. The van der Waals surface area contributed by atoms with Gasteiger partial charge >= 0.3 is 11.9 Å². The summed E-state index contributed by atoms with van der Waals surface area (Å²) in [4.78, 5) is 33.9. The molecule has 0 atom stereocenters. The van der Waals surface area contributed by atoms with Crippen LogP contribution in [0.4, 0.5) is 5.69 Å². The van der Waals surface area contributed by atoms with Crippen LogP contribution in [-0.2, 0) is 0 Å². The summed E-state index contributed by atoms with van der Waals surface area (Å²) < 4.78 is 11.0. The van der Waals surface area contributed by atoms with Crippen LogP contribution in [0.2, 0.25) is 0 Å². The second-order valence-electron chi connectivity index (χ2n) is 6.34. The van der Waals surface area contributed by atoms with Crippen LogP contribution >= 0.6 is 0 Å². The van der Waals surface area contributed by atoms with E-state index in [2.05, 4.69) is 10.5 Å². The Labute approximate surface area is 173 Å². The van der Waals surface area contributed by atoms with E-state index >= 15 is 0 Å². The van der Waals surface area contributed by atoms with Gasteiger partial charge in [-0.3, -0.25) is 14.9 Å². The number of carbonyl (C=O) groups excluding carboxylic acids is 1. The molecule has 154 valence electrons. The Morgan fingerprint density at radius 3 is 2.65 bits per heavy atom. The summed E-state index contributed by atoms with van der Waals surface area (Å²) in [5, 5.41) is 24.3. The van der Waals surface area contributed by atoms with Crippen molar-refractivity contribution in [3.05, 3.63) is 87.9 Å². The molecule has 10 nitrogen and oxygen atoms in total. The number of carbonyl (C=O) groups is 2. The predicted molar refractivity (Wildman–Crippen MR) is 109 cm³/mol. The van der Waals surface area contributed by atoms with E-state index in [9.17, 15) is 24.8 Å². The van der Waals surface area contributed by atoms with Gasteiger partial charge in [-0.1, -0.05) is 18.2 Å². The molecule has 0 aliphatic rings. The van der Waals surface area contributed by atoms with Crippen LogP contribution in [0.3, 0.4) is 0 Å². The van der Waals surface area contributed by atoms with Crippen molar-refractivity contribution in [3.8, 4) is 11.3 Å². The topological polar surface area (TPSA) is 148 Å². The summed E-state index contributed by atoms with van der Waals surface area (Å²) in [5.41, 5.74) is 2.99. The van der Waals surface area contributed by atoms with Crippen LogP contribution in [0.5, 0.6) is 0 Å². The minimum atomic E-state index is -1.08. The first-order valence-corrected chi connectivity index (χ1v) is 8.86. The number of carboxylic acid groups (broad SMARTS) is 1. The van der Waals surface area contributed by atoms with Crippen LogP contribution in [0.15, 0.2) is 74.6 Å². The zero-order valence-electron chi connectivity index (χ0n) is 15.6. The molecule has 0 radical (unpaired) electrons. The van der Waals surface area contributed by atoms with Gasteiger partial charge in [-0.15, -0.1) is 0 Å². The molecule has 2 aromatic carbocycles. The van der Waals surface area contributed by atoms with Gasteiger partial charge < -0.3 is 13.9 Å². The maximum absolute atomic E-state index is 12.2. The van der Waals surface area contributed by atoms with Gasteiger partial charge in [-0.05, 0) is 30.3 Å². The number of benzene rings is 2. The van der Waals surface area contributed by atoms with Crippen LogP contribution in [0.25, 0.3) is 22.3 Å². The van der Waals surface area contributed by atoms with E-state index in [1.165, 1.54) is 36.5 Å². The molecule has 4 rings (SSSR count). The van der Waals surface area contributed by atoms with Gasteiger partial charge in [-0.25, -0.2) is 10.2 Å². The molecular formula is C21H13N3O7. The Hall–Kier alpha value is -4.73. The van der Waals surface area contributed by atoms with Gasteiger partial charge in [0, 0.05) is 23.1 Å². The van der Waals surface area contributed by atoms with E-state index in [0.29, 0.717) is 22.3 Å². The summed E-state index contributed by atoms with van der Waals surface area (Å²) in [6.45, 7) is 0. The van der Waals surface area contributed by atoms with Crippen molar-refractivity contribution < 1.29 is 28.5 Å². The number of hydrogen-bond donors (Lipinski definition) is 2. The van der Waals surface area contributed by atoms with E-state index < -0.39 is 16.8 Å². The Balaban J connectivity index is 1.47. The van der Waals surface area contributed by atoms with Crippen LogP contribution < -0.4 is 5.43 Å². The normalized spacial score (nSPS) is 11.1. The zero-order valence-corrected chi connectivity index (χ0v) is 15.6. The Morgan fingerprint density at radius 2 is 1.87 bits per heavy atom. The van der Waals surface area contributed by atoms with E-state index in [1.807, 2.05) is 0 Å². The van der Waals surface area contributed by atoms with Crippen molar-refractivity contribution in [1.29, 1.82) is 0 Å². The molecule has 10 heteroatoms. The number of nitro groups is 1. The number of aromatic carboxylic acids is 1. The van der Waals surface area contributed by atoms with Crippen molar-refractivity contribution in [2.75, 3.05) is 0 Å². The van der Waals surface area contributed by atoms with Crippen molar-refractivity contribution in [3.63, 3.8) is 0 Å². The number of nitrogens with one attached hydrogen (secondary N) is 1. The second-order valence-corrected chi connectivity index (χ2v) is 6.34. The summed E-state index contributed by atoms with van der Waals surface area (Å²) in [6.07, 6.45) is 1.25. The molecule has 1 amide bonds. The Kier molecular flexibility index (Phi) is 5.02. The van der Waals surface area contributed by atoms with Gasteiger partial charge in [0.25, 0.3) is 5.69 Å². The average molecular weight is 419 g/mol. The molecule has 0 aliphatic carbocycles. The lowest BCUT2D eigenvalue weighted by Gasteiger charge is -2.01. The molecule has 2 aromatic heterocycles.